The maximum Gasteiger partial charge on any atom is 0.407 e. The molecule has 0 aliphatic heterocycles. The third-order valence-corrected chi connectivity index (χ3v) is 5.14. The van der Waals surface area contributed by atoms with Gasteiger partial charge in [0.15, 0.2) is 0 Å². The van der Waals surface area contributed by atoms with Crippen LogP contribution in [0.25, 0.3) is 0 Å². The van der Waals surface area contributed by atoms with Crippen LogP contribution in [0.2, 0.25) is 0 Å². The number of alkyl carbamates (subject to hydrolysis) is 1. The Morgan fingerprint density at radius 1 is 1.29 bits per heavy atom. The van der Waals surface area contributed by atoms with Crippen LogP contribution in [0.3, 0.4) is 0 Å². The summed E-state index contributed by atoms with van der Waals surface area (Å²) in [5.41, 5.74) is 2.27. The Morgan fingerprint density at radius 3 is 2.90 bits per heavy atom. The van der Waals surface area contributed by atoms with E-state index in [-0.39, 0.29) is 11.6 Å². The topological polar surface area (TPSA) is 47.6 Å². The average molecular weight is 289 g/mol. The molecule has 1 N–H and O–H groups in total. The van der Waals surface area contributed by atoms with Crippen LogP contribution in [0, 0.1) is 5.92 Å². The fourth-order valence-electron chi connectivity index (χ4n) is 4.10. The first-order chi connectivity index (χ1) is 10.2. The van der Waals surface area contributed by atoms with Crippen molar-refractivity contribution >= 4 is 6.09 Å². The number of carbonyl (C=O) groups is 1. The number of fused-ring (bicyclic) bond motifs is 3. The lowest BCUT2D eigenvalue weighted by Gasteiger charge is -2.48. The van der Waals surface area contributed by atoms with Gasteiger partial charge in [-0.2, -0.15) is 0 Å². The molecule has 0 spiro atoms. The minimum absolute atomic E-state index is 0.284. The highest BCUT2D eigenvalue weighted by atomic mass is 16.5. The second-order valence-electron chi connectivity index (χ2n) is 6.09. The van der Waals surface area contributed by atoms with E-state index in [1.54, 1.807) is 7.11 Å². The van der Waals surface area contributed by atoms with Crippen LogP contribution in [0.15, 0.2) is 18.2 Å². The molecule has 4 nitrogen and oxygen atoms in total. The summed E-state index contributed by atoms with van der Waals surface area (Å²) in [6.07, 6.45) is 6.40. The predicted octanol–water partition coefficient (Wildman–Crippen LogP) is 3.38. The van der Waals surface area contributed by atoms with Gasteiger partial charge in [0.05, 0.1) is 19.8 Å². The number of nitrogens with one attached hydrogen (secondary N) is 1. The van der Waals surface area contributed by atoms with Crippen LogP contribution in [-0.4, -0.2) is 20.3 Å². The van der Waals surface area contributed by atoms with Crippen LogP contribution >= 0.6 is 0 Å². The molecule has 0 bridgehead atoms. The van der Waals surface area contributed by atoms with Gasteiger partial charge in [-0.3, -0.25) is 0 Å². The molecule has 2 aliphatic carbocycles. The average Bonchev–Trinajstić information content (AvgIpc) is 2.54. The second kappa shape index (κ2) is 5.58. The smallest absolute Gasteiger partial charge is 0.407 e. The molecule has 2 atom stereocenters. The van der Waals surface area contributed by atoms with Gasteiger partial charge in [0.2, 0.25) is 0 Å². The molecule has 114 valence electrons. The van der Waals surface area contributed by atoms with Crippen molar-refractivity contribution < 1.29 is 14.3 Å². The molecule has 0 heterocycles. The summed E-state index contributed by atoms with van der Waals surface area (Å²) in [6.45, 7) is 0. The van der Waals surface area contributed by atoms with Crippen LogP contribution in [0.5, 0.6) is 5.75 Å². The van der Waals surface area contributed by atoms with E-state index < -0.39 is 0 Å². The Kier molecular flexibility index (Phi) is 3.79. The SMILES string of the molecule is COC(=O)N[C@]12CCCC[C@H]1CCc1ccc(OC)cc12. The van der Waals surface area contributed by atoms with Gasteiger partial charge in [0.1, 0.15) is 5.75 Å². The van der Waals surface area contributed by atoms with Gasteiger partial charge >= 0.3 is 6.09 Å². The van der Waals surface area contributed by atoms with E-state index in [0.717, 1.165) is 31.4 Å². The van der Waals surface area contributed by atoms with Crippen LogP contribution in [-0.2, 0) is 16.7 Å². The van der Waals surface area contributed by atoms with E-state index in [4.69, 9.17) is 9.47 Å². The number of rotatable bonds is 2. The van der Waals surface area contributed by atoms with Gasteiger partial charge in [0.25, 0.3) is 0 Å². The summed E-state index contributed by atoms with van der Waals surface area (Å²) in [5, 5.41) is 3.17. The maximum absolute atomic E-state index is 11.9. The van der Waals surface area contributed by atoms with Crippen LogP contribution < -0.4 is 10.1 Å². The maximum atomic E-state index is 11.9. The molecule has 0 saturated heterocycles. The van der Waals surface area contributed by atoms with Gasteiger partial charge in [-0.1, -0.05) is 18.9 Å². The summed E-state index contributed by atoms with van der Waals surface area (Å²) in [7, 11) is 3.11. The number of aryl methyl sites for hydroxylation is 1. The molecule has 1 aromatic rings. The van der Waals surface area contributed by atoms with Crippen LogP contribution in [0.4, 0.5) is 4.79 Å². The first-order valence-corrected chi connectivity index (χ1v) is 7.73. The molecule has 21 heavy (non-hydrogen) atoms. The van der Waals surface area contributed by atoms with Gasteiger partial charge in [0, 0.05) is 0 Å². The molecule has 0 aromatic heterocycles. The van der Waals surface area contributed by atoms with E-state index in [9.17, 15) is 4.79 Å². The number of benzene rings is 1. The Morgan fingerprint density at radius 2 is 2.14 bits per heavy atom. The summed E-state index contributed by atoms with van der Waals surface area (Å²) < 4.78 is 10.3. The lowest BCUT2D eigenvalue weighted by atomic mass is 9.62. The van der Waals surface area contributed by atoms with Crippen molar-refractivity contribution in [2.24, 2.45) is 5.92 Å². The fraction of sp³-hybridized carbons (Fsp3) is 0.588. The van der Waals surface area contributed by atoms with Gasteiger partial charge in [-0.05, 0) is 54.9 Å². The van der Waals surface area contributed by atoms with Crippen molar-refractivity contribution in [2.75, 3.05) is 14.2 Å². The third-order valence-electron chi connectivity index (χ3n) is 5.14. The molecule has 1 saturated carbocycles. The largest absolute Gasteiger partial charge is 0.497 e. The molecular formula is C17H23NO3. The van der Waals surface area contributed by atoms with E-state index in [2.05, 4.69) is 17.4 Å². The first kappa shape index (κ1) is 14.2. The van der Waals surface area contributed by atoms with Crippen molar-refractivity contribution in [1.29, 1.82) is 0 Å². The molecule has 2 aliphatic rings. The Bertz CT molecular complexity index is 543. The molecular weight excluding hydrogens is 266 g/mol. The normalized spacial score (nSPS) is 27.2. The van der Waals surface area contributed by atoms with Crippen molar-refractivity contribution in [2.45, 2.75) is 44.1 Å². The number of methoxy groups -OCH3 is 2. The number of hydrogen-bond donors (Lipinski definition) is 1. The highest BCUT2D eigenvalue weighted by Crippen LogP contribution is 2.49. The molecule has 1 aromatic carbocycles. The molecule has 4 heteroatoms. The lowest BCUT2D eigenvalue weighted by Crippen LogP contribution is -2.54. The zero-order valence-electron chi connectivity index (χ0n) is 12.8. The summed E-state index contributed by atoms with van der Waals surface area (Å²) >= 11 is 0. The number of amides is 1. The van der Waals surface area contributed by atoms with Crippen molar-refractivity contribution in [3.63, 3.8) is 0 Å². The summed E-state index contributed by atoms with van der Waals surface area (Å²) in [4.78, 5) is 11.9. The molecule has 3 rings (SSSR count). The zero-order chi connectivity index (χ0) is 14.9. The number of ether oxygens (including phenoxy) is 2. The predicted molar refractivity (Wildman–Crippen MR) is 80.5 cm³/mol. The minimum atomic E-state index is -0.336. The minimum Gasteiger partial charge on any atom is -0.497 e. The second-order valence-corrected chi connectivity index (χ2v) is 6.09. The first-order valence-electron chi connectivity index (χ1n) is 7.73. The van der Waals surface area contributed by atoms with Crippen LogP contribution in [0.1, 0.15) is 43.2 Å². The zero-order valence-corrected chi connectivity index (χ0v) is 12.8. The monoisotopic (exact) mass is 289 g/mol. The summed E-state index contributed by atoms with van der Waals surface area (Å²) in [5.74, 6) is 1.34. The van der Waals surface area contributed by atoms with E-state index in [1.807, 2.05) is 6.07 Å². The Hall–Kier alpha value is -1.71. The Labute approximate surface area is 125 Å². The van der Waals surface area contributed by atoms with Gasteiger partial charge in [-0.15, -0.1) is 0 Å². The third kappa shape index (κ3) is 2.37. The fourth-order valence-corrected chi connectivity index (χ4v) is 4.10. The highest BCUT2D eigenvalue weighted by Gasteiger charge is 2.47. The molecule has 1 fully saturated rings. The lowest BCUT2D eigenvalue weighted by molar-refractivity contribution is 0.0985. The van der Waals surface area contributed by atoms with Gasteiger partial charge in [-0.25, -0.2) is 4.79 Å². The number of carbonyl (C=O) groups excluding carboxylic acids is 1. The Balaban J connectivity index is 2.08. The molecule has 0 unspecified atom stereocenters. The van der Waals surface area contributed by atoms with Crippen molar-refractivity contribution in [1.82, 2.24) is 5.32 Å². The quantitative estimate of drug-likeness (QED) is 0.908. The summed E-state index contributed by atoms with van der Waals surface area (Å²) in [6, 6.07) is 6.25. The van der Waals surface area contributed by atoms with E-state index in [1.165, 1.54) is 31.1 Å². The standard InChI is InChI=1S/C17H23NO3/c1-20-14-9-7-12-6-8-13-5-3-4-10-17(13,15(12)11-14)18-16(19)21-2/h7,9,11,13H,3-6,8,10H2,1-2H3,(H,18,19)/t13-,17+/m0/s1. The highest BCUT2D eigenvalue weighted by molar-refractivity contribution is 5.69. The van der Waals surface area contributed by atoms with E-state index in [0.29, 0.717) is 5.92 Å². The van der Waals surface area contributed by atoms with Gasteiger partial charge < -0.3 is 14.8 Å². The van der Waals surface area contributed by atoms with Crippen molar-refractivity contribution in [3.05, 3.63) is 29.3 Å². The molecule has 0 radical (unpaired) electrons. The molecule has 1 amide bonds. The van der Waals surface area contributed by atoms with Crippen molar-refractivity contribution in [3.8, 4) is 5.75 Å². The number of hydrogen-bond acceptors (Lipinski definition) is 3. The van der Waals surface area contributed by atoms with E-state index >= 15 is 0 Å².